The van der Waals surface area contributed by atoms with Gasteiger partial charge in [-0.3, -0.25) is 4.79 Å². The number of aromatic amines is 1. The Morgan fingerprint density at radius 1 is 1.00 bits per heavy atom. The van der Waals surface area contributed by atoms with Crippen LogP contribution >= 0.6 is 0 Å². The third-order valence-electron chi connectivity index (χ3n) is 8.13. The Labute approximate surface area is 222 Å². The minimum absolute atomic E-state index is 0.0556. The molecule has 1 aromatic heterocycles. The molecule has 1 saturated carbocycles. The van der Waals surface area contributed by atoms with Crippen molar-refractivity contribution in [2.45, 2.75) is 50.5 Å². The van der Waals surface area contributed by atoms with Gasteiger partial charge in [-0.25, -0.2) is 9.78 Å². The van der Waals surface area contributed by atoms with E-state index in [-0.39, 0.29) is 12.0 Å². The average molecular weight is 510 g/mol. The topological polar surface area (TPSA) is 102 Å². The number of benzene rings is 2. The number of likely N-dealkylation sites (tertiary alicyclic amines) is 1. The zero-order chi connectivity index (χ0) is 26.2. The number of imidazole rings is 1. The van der Waals surface area contributed by atoms with Crippen LogP contribution in [0.5, 0.6) is 0 Å². The Morgan fingerprint density at radius 2 is 1.76 bits per heavy atom. The third kappa shape index (κ3) is 4.65. The minimum atomic E-state index is -0.332. The number of methoxy groups -OCH3 is 1. The fourth-order valence-electron chi connectivity index (χ4n) is 5.78. The molecule has 3 aromatic rings. The summed E-state index contributed by atoms with van der Waals surface area (Å²) >= 11 is 0. The van der Waals surface area contributed by atoms with Gasteiger partial charge in [0.15, 0.2) is 0 Å². The van der Waals surface area contributed by atoms with Crippen molar-refractivity contribution < 1.29 is 14.3 Å². The number of nitriles is 1. The van der Waals surface area contributed by atoms with Gasteiger partial charge >= 0.3 is 6.09 Å². The number of carbonyl (C=O) groups excluding carboxylic acids is 2. The molecule has 1 aliphatic carbocycles. The number of aromatic nitrogens is 2. The number of nitrogens with one attached hydrogen (secondary N) is 1. The highest BCUT2D eigenvalue weighted by Crippen LogP contribution is 2.44. The average Bonchev–Trinajstić information content (AvgIpc) is 3.74. The number of nitrogens with zero attached hydrogens (tertiary/aromatic N) is 4. The molecule has 8 nitrogen and oxygen atoms in total. The minimum Gasteiger partial charge on any atom is -0.453 e. The van der Waals surface area contributed by atoms with Gasteiger partial charge in [0.05, 0.1) is 36.7 Å². The SMILES string of the molecule is COC(=O)N1CCc2nc(-c3cc(C(=O)N4CCC(c5ccc(C#N)cc5)CC4)ccc3C3CC3)[nH]c2C1. The number of amides is 2. The van der Waals surface area contributed by atoms with Crippen LogP contribution in [-0.4, -0.2) is 58.5 Å². The standard InChI is InChI=1S/C30H31N5O3/c1-38-30(37)35-15-12-26-27(18-35)33-28(32-26)25-16-23(8-9-24(25)22-6-7-22)29(36)34-13-10-21(11-14-34)20-4-2-19(17-31)3-5-20/h2-5,8-9,16,21-22H,6-7,10-15,18H2,1H3,(H,32,33). The predicted octanol–water partition coefficient (Wildman–Crippen LogP) is 4.97. The number of fused-ring (bicyclic) bond motifs is 1. The van der Waals surface area contributed by atoms with E-state index in [1.165, 1.54) is 18.2 Å². The van der Waals surface area contributed by atoms with Crippen molar-refractivity contribution in [2.75, 3.05) is 26.7 Å². The van der Waals surface area contributed by atoms with E-state index < -0.39 is 0 Å². The molecule has 1 N–H and O–H groups in total. The van der Waals surface area contributed by atoms with Crippen LogP contribution in [0.25, 0.3) is 11.4 Å². The molecule has 2 aliphatic heterocycles. The molecule has 0 radical (unpaired) electrons. The normalized spacial score (nSPS) is 17.6. The number of hydrogen-bond donors (Lipinski definition) is 1. The van der Waals surface area contributed by atoms with Gasteiger partial charge in [-0.2, -0.15) is 5.26 Å². The first-order chi connectivity index (χ1) is 18.5. The van der Waals surface area contributed by atoms with Gasteiger partial charge in [-0.05, 0) is 72.9 Å². The number of piperidine rings is 1. The second-order valence-corrected chi connectivity index (χ2v) is 10.5. The predicted molar refractivity (Wildman–Crippen MR) is 142 cm³/mol. The van der Waals surface area contributed by atoms with Crippen LogP contribution in [0.15, 0.2) is 42.5 Å². The van der Waals surface area contributed by atoms with Crippen LogP contribution in [-0.2, 0) is 17.7 Å². The molecule has 2 aromatic carbocycles. The Morgan fingerprint density at radius 3 is 2.45 bits per heavy atom. The first-order valence-electron chi connectivity index (χ1n) is 13.4. The Hall–Kier alpha value is -4.12. The molecule has 8 heteroatoms. The molecule has 0 atom stereocenters. The number of carbonyl (C=O) groups is 2. The molecule has 0 spiro atoms. The summed E-state index contributed by atoms with van der Waals surface area (Å²) in [4.78, 5) is 37.6. The summed E-state index contributed by atoms with van der Waals surface area (Å²) < 4.78 is 4.89. The molecule has 0 unspecified atom stereocenters. The highest BCUT2D eigenvalue weighted by atomic mass is 16.5. The number of hydrogen-bond acceptors (Lipinski definition) is 5. The van der Waals surface area contributed by atoms with Gasteiger partial charge in [0.25, 0.3) is 5.91 Å². The van der Waals surface area contributed by atoms with Gasteiger partial charge in [-0.1, -0.05) is 18.2 Å². The summed E-state index contributed by atoms with van der Waals surface area (Å²) in [6, 6.07) is 16.1. The highest BCUT2D eigenvalue weighted by molar-refractivity contribution is 5.95. The van der Waals surface area contributed by atoms with E-state index in [1.54, 1.807) is 4.90 Å². The van der Waals surface area contributed by atoms with E-state index >= 15 is 0 Å². The molecule has 0 bridgehead atoms. The Kier molecular flexibility index (Phi) is 6.36. The number of ether oxygens (including phenoxy) is 1. The Bertz CT molecular complexity index is 1410. The van der Waals surface area contributed by atoms with Crippen molar-refractivity contribution in [2.24, 2.45) is 0 Å². The molecular formula is C30H31N5O3. The molecule has 3 heterocycles. The van der Waals surface area contributed by atoms with Crippen LogP contribution in [0.1, 0.15) is 76.0 Å². The fraction of sp³-hybridized carbons (Fsp3) is 0.400. The lowest BCUT2D eigenvalue weighted by Gasteiger charge is -2.32. The quantitative estimate of drug-likeness (QED) is 0.535. The van der Waals surface area contributed by atoms with E-state index in [1.807, 2.05) is 41.3 Å². The summed E-state index contributed by atoms with van der Waals surface area (Å²) in [7, 11) is 1.40. The van der Waals surface area contributed by atoms with Gasteiger partial charge in [0.2, 0.25) is 0 Å². The van der Waals surface area contributed by atoms with Crippen molar-refractivity contribution in [3.63, 3.8) is 0 Å². The van der Waals surface area contributed by atoms with Crippen molar-refractivity contribution >= 4 is 12.0 Å². The summed E-state index contributed by atoms with van der Waals surface area (Å²) in [6.07, 6.45) is 4.46. The lowest BCUT2D eigenvalue weighted by atomic mass is 9.88. The van der Waals surface area contributed by atoms with E-state index in [0.29, 0.717) is 55.6 Å². The van der Waals surface area contributed by atoms with Crippen molar-refractivity contribution in [3.05, 3.63) is 76.1 Å². The van der Waals surface area contributed by atoms with E-state index in [4.69, 9.17) is 15.0 Å². The summed E-state index contributed by atoms with van der Waals surface area (Å²) in [6.45, 7) is 2.44. The van der Waals surface area contributed by atoms with Crippen molar-refractivity contribution in [3.8, 4) is 17.5 Å². The molecular weight excluding hydrogens is 478 g/mol. The maximum absolute atomic E-state index is 13.6. The summed E-state index contributed by atoms with van der Waals surface area (Å²) in [5, 5.41) is 9.05. The van der Waals surface area contributed by atoms with Crippen LogP contribution in [0.3, 0.4) is 0 Å². The molecule has 2 amide bonds. The van der Waals surface area contributed by atoms with E-state index in [0.717, 1.165) is 48.5 Å². The monoisotopic (exact) mass is 509 g/mol. The van der Waals surface area contributed by atoms with Crippen molar-refractivity contribution in [1.29, 1.82) is 5.26 Å². The zero-order valence-electron chi connectivity index (χ0n) is 21.6. The molecule has 3 aliphatic rings. The van der Waals surface area contributed by atoms with Crippen LogP contribution in [0.4, 0.5) is 4.79 Å². The van der Waals surface area contributed by atoms with E-state index in [2.05, 4.69) is 17.1 Å². The number of H-pyrrole nitrogens is 1. The molecule has 38 heavy (non-hydrogen) atoms. The maximum Gasteiger partial charge on any atom is 0.409 e. The largest absolute Gasteiger partial charge is 0.453 e. The van der Waals surface area contributed by atoms with Crippen molar-refractivity contribution in [1.82, 2.24) is 19.8 Å². The van der Waals surface area contributed by atoms with Crippen LogP contribution in [0.2, 0.25) is 0 Å². The first-order valence-corrected chi connectivity index (χ1v) is 13.4. The van der Waals surface area contributed by atoms with Gasteiger partial charge < -0.3 is 19.5 Å². The summed E-state index contributed by atoms with van der Waals surface area (Å²) in [5.41, 5.74) is 6.72. The molecule has 2 fully saturated rings. The van der Waals surface area contributed by atoms with Gasteiger partial charge in [0.1, 0.15) is 5.82 Å². The van der Waals surface area contributed by atoms with E-state index in [9.17, 15) is 9.59 Å². The first kappa shape index (κ1) is 24.2. The zero-order valence-corrected chi connectivity index (χ0v) is 21.6. The van der Waals surface area contributed by atoms with Gasteiger partial charge in [0, 0.05) is 37.2 Å². The highest BCUT2D eigenvalue weighted by Gasteiger charge is 2.31. The third-order valence-corrected chi connectivity index (χ3v) is 8.13. The van der Waals surface area contributed by atoms with Crippen LogP contribution in [0, 0.1) is 11.3 Å². The maximum atomic E-state index is 13.6. The fourth-order valence-corrected chi connectivity index (χ4v) is 5.78. The lowest BCUT2D eigenvalue weighted by molar-refractivity contribution is 0.0713. The smallest absolute Gasteiger partial charge is 0.409 e. The number of rotatable bonds is 4. The molecule has 194 valence electrons. The summed E-state index contributed by atoms with van der Waals surface area (Å²) in [5.74, 6) is 1.74. The lowest BCUT2D eigenvalue weighted by Crippen LogP contribution is -2.38. The second kappa shape index (κ2) is 9.97. The van der Waals surface area contributed by atoms with Crippen LogP contribution < -0.4 is 0 Å². The second-order valence-electron chi connectivity index (χ2n) is 10.5. The molecule has 6 rings (SSSR count). The Balaban J connectivity index is 1.20. The van der Waals surface area contributed by atoms with Gasteiger partial charge in [-0.15, -0.1) is 0 Å². The molecule has 1 saturated heterocycles.